The molecule has 3 heterocycles. The second-order valence-electron chi connectivity index (χ2n) is 10.6. The van der Waals surface area contributed by atoms with Crippen LogP contribution >= 0.6 is 11.6 Å². The Kier molecular flexibility index (Phi) is 7.67. The maximum atomic E-state index is 14.7. The summed E-state index contributed by atoms with van der Waals surface area (Å²) >= 11 is 6.11. The SMILES string of the molecule is COc1cc(C(=O)NC[C@](O)(c2cc3c(c(-c4ccc(F)cc4)n2)OC[C@]3(C)C(N)=O)C(F)(F)F)cc2cc(C)c(Cl)nc12. The van der Waals surface area contributed by atoms with Gasteiger partial charge in [-0.1, -0.05) is 11.6 Å². The van der Waals surface area contributed by atoms with Crippen molar-refractivity contribution in [1.82, 2.24) is 15.3 Å². The average molecular weight is 633 g/mol. The van der Waals surface area contributed by atoms with Crippen molar-refractivity contribution in [3.8, 4) is 22.8 Å². The first-order valence-corrected chi connectivity index (χ1v) is 13.4. The minimum atomic E-state index is -5.37. The van der Waals surface area contributed by atoms with Gasteiger partial charge >= 0.3 is 6.18 Å². The van der Waals surface area contributed by atoms with E-state index in [4.69, 9.17) is 26.8 Å². The summed E-state index contributed by atoms with van der Waals surface area (Å²) in [7, 11) is 1.33. The number of nitrogens with one attached hydrogen (secondary N) is 1. The molecule has 2 aromatic heterocycles. The number of alkyl halides is 3. The maximum absolute atomic E-state index is 14.7. The number of fused-ring (bicyclic) bond motifs is 2. The number of hydrogen-bond donors (Lipinski definition) is 3. The number of amides is 2. The second-order valence-corrected chi connectivity index (χ2v) is 11.0. The number of primary amides is 1. The van der Waals surface area contributed by atoms with Crippen molar-refractivity contribution in [3.63, 3.8) is 0 Å². The summed E-state index contributed by atoms with van der Waals surface area (Å²) in [5.74, 6) is -2.36. The first kappa shape index (κ1) is 31.0. The molecule has 14 heteroatoms. The Hall–Kier alpha value is -4.49. The largest absolute Gasteiger partial charge is 0.494 e. The van der Waals surface area contributed by atoms with Gasteiger partial charge in [0.1, 0.15) is 45.7 Å². The van der Waals surface area contributed by atoms with Crippen LogP contribution in [-0.2, 0) is 15.8 Å². The zero-order valence-electron chi connectivity index (χ0n) is 23.5. The van der Waals surface area contributed by atoms with Crippen LogP contribution in [0.1, 0.15) is 34.1 Å². The van der Waals surface area contributed by atoms with Gasteiger partial charge in [-0.15, -0.1) is 0 Å². The first-order valence-electron chi connectivity index (χ1n) is 13.1. The van der Waals surface area contributed by atoms with Gasteiger partial charge in [-0.2, -0.15) is 13.2 Å². The number of methoxy groups -OCH3 is 1. The van der Waals surface area contributed by atoms with E-state index >= 15 is 0 Å². The van der Waals surface area contributed by atoms with E-state index in [1.165, 1.54) is 38.3 Å². The number of aliphatic hydroxyl groups is 1. The molecule has 0 radical (unpaired) electrons. The summed E-state index contributed by atoms with van der Waals surface area (Å²) in [4.78, 5) is 33.9. The first-order chi connectivity index (χ1) is 20.6. The van der Waals surface area contributed by atoms with Gasteiger partial charge in [0.05, 0.1) is 19.3 Å². The molecule has 4 N–H and O–H groups in total. The van der Waals surface area contributed by atoms with Crippen LogP contribution < -0.4 is 20.5 Å². The molecular weight excluding hydrogens is 608 g/mol. The zero-order chi connectivity index (χ0) is 32.2. The molecule has 0 unspecified atom stereocenters. The van der Waals surface area contributed by atoms with Crippen LogP contribution in [0.4, 0.5) is 17.6 Å². The Bertz CT molecular complexity index is 1820. The van der Waals surface area contributed by atoms with Crippen molar-refractivity contribution >= 4 is 34.3 Å². The molecule has 4 aromatic rings. The molecule has 2 amide bonds. The molecule has 0 aliphatic carbocycles. The van der Waals surface area contributed by atoms with Crippen molar-refractivity contribution < 1.29 is 41.7 Å². The van der Waals surface area contributed by atoms with E-state index in [1.54, 1.807) is 13.0 Å². The number of nitrogens with zero attached hydrogens (tertiary/aromatic N) is 2. The average Bonchev–Trinajstić information content (AvgIpc) is 3.33. The van der Waals surface area contributed by atoms with Crippen molar-refractivity contribution in [1.29, 1.82) is 0 Å². The Morgan fingerprint density at radius 3 is 2.45 bits per heavy atom. The van der Waals surface area contributed by atoms with E-state index in [9.17, 15) is 32.3 Å². The normalized spacial score (nSPS) is 17.5. The molecule has 5 rings (SSSR count). The van der Waals surface area contributed by atoms with Gasteiger partial charge in [0, 0.05) is 22.1 Å². The molecule has 0 fully saturated rings. The van der Waals surface area contributed by atoms with E-state index in [1.807, 2.05) is 0 Å². The lowest BCUT2D eigenvalue weighted by molar-refractivity contribution is -0.265. The van der Waals surface area contributed by atoms with Crippen molar-refractivity contribution in [2.75, 3.05) is 20.3 Å². The molecule has 44 heavy (non-hydrogen) atoms. The highest BCUT2D eigenvalue weighted by Gasteiger charge is 2.57. The highest BCUT2D eigenvalue weighted by atomic mass is 35.5. The highest BCUT2D eigenvalue weighted by Crippen LogP contribution is 2.47. The van der Waals surface area contributed by atoms with Crippen molar-refractivity contribution in [3.05, 3.63) is 81.9 Å². The van der Waals surface area contributed by atoms with E-state index in [0.29, 0.717) is 16.5 Å². The molecule has 1 aliphatic rings. The Morgan fingerprint density at radius 2 is 1.84 bits per heavy atom. The van der Waals surface area contributed by atoms with Crippen LogP contribution in [0.2, 0.25) is 5.15 Å². The molecule has 2 atom stereocenters. The molecule has 0 bridgehead atoms. The molecule has 0 saturated carbocycles. The van der Waals surface area contributed by atoms with Gasteiger partial charge in [-0.25, -0.2) is 14.4 Å². The molecule has 2 aromatic carbocycles. The summed E-state index contributed by atoms with van der Waals surface area (Å²) in [6.45, 7) is 1.40. The topological polar surface area (TPSA) is 137 Å². The molecule has 1 aliphatic heterocycles. The summed E-state index contributed by atoms with van der Waals surface area (Å²) in [6.07, 6.45) is -5.37. The fourth-order valence-corrected chi connectivity index (χ4v) is 5.01. The predicted octanol–water partition coefficient (Wildman–Crippen LogP) is 4.72. The Morgan fingerprint density at radius 1 is 1.16 bits per heavy atom. The summed E-state index contributed by atoms with van der Waals surface area (Å²) in [6, 6.07) is 9.85. The molecule has 9 nitrogen and oxygen atoms in total. The third-order valence-corrected chi connectivity index (χ3v) is 8.01. The lowest BCUT2D eigenvalue weighted by Gasteiger charge is -2.31. The van der Waals surface area contributed by atoms with Crippen LogP contribution in [0, 0.1) is 12.7 Å². The number of aryl methyl sites for hydroxylation is 1. The predicted molar refractivity (Wildman–Crippen MR) is 152 cm³/mol. The molecule has 0 spiro atoms. The number of ether oxygens (including phenoxy) is 2. The van der Waals surface area contributed by atoms with Crippen LogP contribution in [0.15, 0.2) is 48.5 Å². The second kappa shape index (κ2) is 10.9. The third kappa shape index (κ3) is 5.15. The van der Waals surface area contributed by atoms with Gasteiger partial charge in [0.25, 0.3) is 5.91 Å². The lowest BCUT2D eigenvalue weighted by Crippen LogP contribution is -2.51. The highest BCUT2D eigenvalue weighted by molar-refractivity contribution is 6.30. The number of carbonyl (C=O) groups is 2. The zero-order valence-corrected chi connectivity index (χ0v) is 24.2. The van der Waals surface area contributed by atoms with Gasteiger partial charge in [-0.05, 0) is 67.9 Å². The monoisotopic (exact) mass is 632 g/mol. The molecule has 0 saturated heterocycles. The van der Waals surface area contributed by atoms with Crippen molar-refractivity contribution in [2.24, 2.45) is 5.73 Å². The number of aromatic nitrogens is 2. The smallest absolute Gasteiger partial charge is 0.424 e. The van der Waals surface area contributed by atoms with Crippen LogP contribution in [-0.4, -0.2) is 53.3 Å². The summed E-state index contributed by atoms with van der Waals surface area (Å²) in [5.41, 5.74) is 0.0968. The summed E-state index contributed by atoms with van der Waals surface area (Å²) < 4.78 is 68.7. The lowest BCUT2D eigenvalue weighted by atomic mass is 9.81. The molecule has 230 valence electrons. The third-order valence-electron chi connectivity index (χ3n) is 7.63. The van der Waals surface area contributed by atoms with Gasteiger partial charge in [0.15, 0.2) is 0 Å². The fraction of sp³-hybridized carbons (Fsp3) is 0.267. The van der Waals surface area contributed by atoms with E-state index < -0.39 is 47.1 Å². The van der Waals surface area contributed by atoms with E-state index in [0.717, 1.165) is 18.2 Å². The van der Waals surface area contributed by atoms with Crippen LogP contribution in [0.25, 0.3) is 22.2 Å². The number of nitrogens with two attached hydrogens (primary N) is 1. The Balaban J connectivity index is 1.59. The number of benzene rings is 2. The number of halogens is 5. The molecular formula is C30H25ClF4N4O5. The van der Waals surface area contributed by atoms with E-state index in [-0.39, 0.29) is 45.6 Å². The maximum Gasteiger partial charge on any atom is 0.424 e. The van der Waals surface area contributed by atoms with Gasteiger partial charge in [-0.3, -0.25) is 9.59 Å². The quantitative estimate of drug-likeness (QED) is 0.198. The van der Waals surface area contributed by atoms with Crippen molar-refractivity contribution in [2.45, 2.75) is 31.0 Å². The minimum absolute atomic E-state index is 0.0394. The number of pyridine rings is 2. The Labute approximate surface area is 253 Å². The van der Waals surface area contributed by atoms with Gasteiger partial charge < -0.3 is 25.6 Å². The number of hydrogen-bond acceptors (Lipinski definition) is 7. The number of rotatable bonds is 7. The number of carbonyl (C=O) groups excluding carboxylic acids is 2. The minimum Gasteiger partial charge on any atom is -0.494 e. The van der Waals surface area contributed by atoms with E-state index in [2.05, 4.69) is 15.3 Å². The van der Waals surface area contributed by atoms with Crippen LogP contribution in [0.3, 0.4) is 0 Å². The summed E-state index contributed by atoms with van der Waals surface area (Å²) in [5, 5.41) is 14.0. The van der Waals surface area contributed by atoms with Gasteiger partial charge in [0.2, 0.25) is 11.5 Å². The van der Waals surface area contributed by atoms with Crippen LogP contribution in [0.5, 0.6) is 11.5 Å². The fourth-order valence-electron chi connectivity index (χ4n) is 4.87. The standard InChI is InChI=1S/C30H25ClF4N4O5/c1-14-8-16-9-17(10-20(43-3)22(16)39-25(14)31)26(40)37-12-29(42,30(33,34)35)21-11-19-24(44-13-28(19,2)27(36)41)23(38-21)15-4-6-18(32)7-5-15/h4-11,42H,12-13H2,1-3H3,(H2,36,41)(H,37,40)/t28-,29-/m0/s1.